The van der Waals surface area contributed by atoms with Gasteiger partial charge >= 0.3 is 0 Å². The van der Waals surface area contributed by atoms with Gasteiger partial charge in [-0.25, -0.2) is 18.2 Å². The Balaban J connectivity index is 2.37. The number of rotatable bonds is 5. The van der Waals surface area contributed by atoms with Crippen molar-refractivity contribution in [3.05, 3.63) is 53.3 Å². The van der Waals surface area contributed by atoms with Crippen LogP contribution in [0.5, 0.6) is 0 Å². The molecule has 0 fully saturated rings. The molecule has 0 aromatic heterocycles. The zero-order valence-corrected chi connectivity index (χ0v) is 14.1. The summed E-state index contributed by atoms with van der Waals surface area (Å²) in [6, 6.07) is 6.01. The average molecular weight is 335 g/mol. The van der Waals surface area contributed by atoms with Gasteiger partial charge in [-0.1, -0.05) is 0 Å². The van der Waals surface area contributed by atoms with Crippen LogP contribution in [0.1, 0.15) is 12.5 Å². The van der Waals surface area contributed by atoms with Gasteiger partial charge in [0.2, 0.25) is 0 Å². The third-order valence-corrected chi connectivity index (χ3v) is 3.75. The molecule has 128 valence electrons. The third kappa shape index (κ3) is 4.07. The van der Waals surface area contributed by atoms with Crippen LogP contribution in [0.3, 0.4) is 0 Å². The van der Waals surface area contributed by atoms with E-state index in [9.17, 15) is 13.2 Å². The van der Waals surface area contributed by atoms with E-state index in [1.165, 1.54) is 11.0 Å². The standard InChI is InChI=1S/C18H20F3N3/c1-5-23(3)11-22-17-10-16(21)18(6-12(17)2)24(4)15-8-13(19)7-14(20)9-15/h6-11H,5H2,1-4H3/b22-11-. The number of halogens is 3. The first-order valence-corrected chi connectivity index (χ1v) is 7.56. The van der Waals surface area contributed by atoms with E-state index in [0.717, 1.165) is 30.3 Å². The lowest BCUT2D eigenvalue weighted by molar-refractivity contribution is 0.552. The molecule has 0 aliphatic heterocycles. The van der Waals surface area contributed by atoms with Gasteiger partial charge in [-0.15, -0.1) is 0 Å². The van der Waals surface area contributed by atoms with Crippen LogP contribution in [-0.4, -0.2) is 31.9 Å². The van der Waals surface area contributed by atoms with Crippen LogP contribution in [0, 0.1) is 24.4 Å². The highest BCUT2D eigenvalue weighted by Gasteiger charge is 2.14. The summed E-state index contributed by atoms with van der Waals surface area (Å²) < 4.78 is 41.2. The fraction of sp³-hybridized carbons (Fsp3) is 0.278. The van der Waals surface area contributed by atoms with Gasteiger partial charge < -0.3 is 9.80 Å². The number of benzene rings is 2. The molecule has 0 aliphatic rings. The molecule has 0 heterocycles. The predicted molar refractivity (Wildman–Crippen MR) is 92.0 cm³/mol. The van der Waals surface area contributed by atoms with E-state index in [1.54, 1.807) is 19.5 Å². The zero-order chi connectivity index (χ0) is 17.9. The smallest absolute Gasteiger partial charge is 0.148 e. The molecule has 2 aromatic rings. The summed E-state index contributed by atoms with van der Waals surface area (Å²) >= 11 is 0. The number of hydrogen-bond acceptors (Lipinski definition) is 2. The van der Waals surface area contributed by atoms with E-state index in [0.29, 0.717) is 5.69 Å². The van der Waals surface area contributed by atoms with E-state index < -0.39 is 17.5 Å². The van der Waals surface area contributed by atoms with E-state index in [2.05, 4.69) is 4.99 Å². The first-order chi connectivity index (χ1) is 11.3. The van der Waals surface area contributed by atoms with Crippen molar-refractivity contribution < 1.29 is 13.2 Å². The lowest BCUT2D eigenvalue weighted by atomic mass is 10.1. The number of aliphatic imine (C=N–C) groups is 1. The summed E-state index contributed by atoms with van der Waals surface area (Å²) in [6.45, 7) is 4.58. The number of anilines is 2. The molecule has 0 spiro atoms. The molecule has 3 nitrogen and oxygen atoms in total. The lowest BCUT2D eigenvalue weighted by Gasteiger charge is -2.21. The van der Waals surface area contributed by atoms with E-state index >= 15 is 0 Å². The lowest BCUT2D eigenvalue weighted by Crippen LogP contribution is -2.14. The fourth-order valence-electron chi connectivity index (χ4n) is 2.17. The van der Waals surface area contributed by atoms with Crippen LogP contribution >= 0.6 is 0 Å². The molecule has 0 bridgehead atoms. The first kappa shape index (κ1) is 17.8. The van der Waals surface area contributed by atoms with E-state index in [-0.39, 0.29) is 11.4 Å². The number of hydrogen-bond donors (Lipinski definition) is 0. The quantitative estimate of drug-likeness (QED) is 0.578. The van der Waals surface area contributed by atoms with Gasteiger partial charge in [0.1, 0.15) is 17.5 Å². The van der Waals surface area contributed by atoms with Gasteiger partial charge in [-0.2, -0.15) is 0 Å². The summed E-state index contributed by atoms with van der Waals surface area (Å²) in [7, 11) is 3.43. The van der Waals surface area contributed by atoms with Crippen molar-refractivity contribution in [1.29, 1.82) is 0 Å². The zero-order valence-electron chi connectivity index (χ0n) is 14.1. The Kier molecular flexibility index (Phi) is 5.49. The maximum atomic E-state index is 14.5. The summed E-state index contributed by atoms with van der Waals surface area (Å²) in [5.41, 5.74) is 1.72. The molecule has 0 N–H and O–H groups in total. The Morgan fingerprint density at radius 1 is 1.00 bits per heavy atom. The minimum Gasteiger partial charge on any atom is -0.366 e. The average Bonchev–Trinajstić information content (AvgIpc) is 2.53. The van der Waals surface area contributed by atoms with Crippen LogP contribution in [0.15, 0.2) is 35.3 Å². The van der Waals surface area contributed by atoms with Crippen molar-refractivity contribution in [1.82, 2.24) is 4.90 Å². The predicted octanol–water partition coefficient (Wildman–Crippen LogP) is 4.79. The van der Waals surface area contributed by atoms with E-state index in [1.807, 2.05) is 25.8 Å². The number of nitrogens with zero attached hydrogens (tertiary/aromatic N) is 3. The second kappa shape index (κ2) is 7.38. The summed E-state index contributed by atoms with van der Waals surface area (Å²) in [5, 5.41) is 0. The molecule has 0 amide bonds. The molecule has 0 radical (unpaired) electrons. The van der Waals surface area contributed by atoms with Crippen LogP contribution in [0.2, 0.25) is 0 Å². The van der Waals surface area contributed by atoms with Gasteiger partial charge in [0.15, 0.2) is 0 Å². The monoisotopic (exact) mass is 335 g/mol. The molecular weight excluding hydrogens is 315 g/mol. The minimum atomic E-state index is -0.710. The summed E-state index contributed by atoms with van der Waals surface area (Å²) in [4.78, 5) is 7.53. The molecule has 2 aromatic carbocycles. The van der Waals surface area contributed by atoms with Gasteiger partial charge in [0.25, 0.3) is 0 Å². The molecule has 24 heavy (non-hydrogen) atoms. The highest BCUT2D eigenvalue weighted by Crippen LogP contribution is 2.32. The van der Waals surface area contributed by atoms with Crippen molar-refractivity contribution in [3.8, 4) is 0 Å². The van der Waals surface area contributed by atoms with Crippen LogP contribution in [-0.2, 0) is 0 Å². The van der Waals surface area contributed by atoms with Crippen molar-refractivity contribution in [2.75, 3.05) is 25.5 Å². The highest BCUT2D eigenvalue weighted by atomic mass is 19.1. The third-order valence-electron chi connectivity index (χ3n) is 3.75. The van der Waals surface area contributed by atoms with Gasteiger partial charge in [-0.05, 0) is 37.6 Å². The first-order valence-electron chi connectivity index (χ1n) is 7.56. The fourth-order valence-corrected chi connectivity index (χ4v) is 2.17. The summed E-state index contributed by atoms with van der Waals surface area (Å²) in [5.74, 6) is -1.94. The van der Waals surface area contributed by atoms with Crippen molar-refractivity contribution >= 4 is 23.4 Å². The van der Waals surface area contributed by atoms with E-state index in [4.69, 9.17) is 0 Å². The Morgan fingerprint density at radius 3 is 2.21 bits per heavy atom. The highest BCUT2D eigenvalue weighted by molar-refractivity contribution is 5.69. The van der Waals surface area contributed by atoms with Crippen molar-refractivity contribution in [2.45, 2.75) is 13.8 Å². The van der Waals surface area contributed by atoms with Crippen LogP contribution in [0.25, 0.3) is 0 Å². The largest absolute Gasteiger partial charge is 0.366 e. The minimum absolute atomic E-state index is 0.222. The SMILES string of the molecule is CCN(C)/C=N\c1cc(F)c(N(C)c2cc(F)cc(F)c2)cc1C. The van der Waals surface area contributed by atoms with Crippen molar-refractivity contribution in [3.63, 3.8) is 0 Å². The summed E-state index contributed by atoms with van der Waals surface area (Å²) in [6.07, 6.45) is 1.63. The maximum Gasteiger partial charge on any atom is 0.148 e. The van der Waals surface area contributed by atoms with Gasteiger partial charge in [0.05, 0.1) is 17.7 Å². The maximum absolute atomic E-state index is 14.5. The Morgan fingerprint density at radius 2 is 1.62 bits per heavy atom. The molecule has 0 aliphatic carbocycles. The van der Waals surface area contributed by atoms with Crippen LogP contribution in [0.4, 0.5) is 30.2 Å². The molecule has 0 atom stereocenters. The molecule has 0 unspecified atom stereocenters. The Hall–Kier alpha value is -2.50. The molecule has 2 rings (SSSR count). The number of aryl methyl sites for hydroxylation is 1. The molecule has 0 saturated carbocycles. The van der Waals surface area contributed by atoms with Crippen molar-refractivity contribution in [2.24, 2.45) is 4.99 Å². The second-order valence-electron chi connectivity index (χ2n) is 5.59. The molecule has 0 saturated heterocycles. The normalized spacial score (nSPS) is 11.1. The van der Waals surface area contributed by atoms with Crippen LogP contribution < -0.4 is 4.90 Å². The van der Waals surface area contributed by atoms with Gasteiger partial charge in [-0.3, -0.25) is 0 Å². The van der Waals surface area contributed by atoms with Gasteiger partial charge in [0, 0.05) is 38.5 Å². The Bertz CT molecular complexity index is 739. The molecular formula is C18H20F3N3. The second-order valence-corrected chi connectivity index (χ2v) is 5.59. The Labute approximate surface area is 140 Å². The topological polar surface area (TPSA) is 18.8 Å². The molecule has 6 heteroatoms.